The molecule has 1 aliphatic heterocycles. The number of hydrogen-bond acceptors (Lipinski definition) is 5. The lowest BCUT2D eigenvalue weighted by atomic mass is 10.2. The SMILES string of the molecule is CN(C)CCn1c(C2CCCN2)nc2c(OC(N)=O)cccc21. The smallest absolute Gasteiger partial charge is 0.408 e. The third kappa shape index (κ3) is 3.30. The maximum Gasteiger partial charge on any atom is 0.410 e. The number of amides is 1. The Morgan fingerprint density at radius 2 is 2.35 bits per heavy atom. The van der Waals surface area contributed by atoms with Gasteiger partial charge in [-0.1, -0.05) is 6.07 Å². The van der Waals surface area contributed by atoms with Crippen LogP contribution in [0.1, 0.15) is 24.7 Å². The summed E-state index contributed by atoms with van der Waals surface area (Å²) < 4.78 is 7.33. The van der Waals surface area contributed by atoms with E-state index in [1.165, 1.54) is 0 Å². The Kier molecular flexibility index (Phi) is 4.49. The van der Waals surface area contributed by atoms with E-state index in [1.807, 2.05) is 26.2 Å². The van der Waals surface area contributed by atoms with Crippen LogP contribution in [0, 0.1) is 0 Å². The second kappa shape index (κ2) is 6.55. The Hall–Kier alpha value is -2.12. The van der Waals surface area contributed by atoms with Gasteiger partial charge < -0.3 is 25.3 Å². The van der Waals surface area contributed by atoms with Gasteiger partial charge in [0, 0.05) is 13.1 Å². The van der Waals surface area contributed by atoms with Crippen LogP contribution in [0.3, 0.4) is 0 Å². The summed E-state index contributed by atoms with van der Waals surface area (Å²) in [5.74, 6) is 1.41. The number of para-hydroxylation sites is 1. The van der Waals surface area contributed by atoms with Gasteiger partial charge in [-0.05, 0) is 45.6 Å². The molecule has 1 aromatic heterocycles. The summed E-state index contributed by atoms with van der Waals surface area (Å²) in [6.07, 6.45) is 1.39. The summed E-state index contributed by atoms with van der Waals surface area (Å²) in [6, 6.07) is 5.83. The fourth-order valence-corrected chi connectivity index (χ4v) is 3.04. The largest absolute Gasteiger partial charge is 0.410 e. The number of likely N-dealkylation sites (N-methyl/N-ethyl adjacent to an activating group) is 1. The van der Waals surface area contributed by atoms with Gasteiger partial charge in [0.2, 0.25) is 0 Å². The van der Waals surface area contributed by atoms with Crippen LogP contribution in [0.25, 0.3) is 11.0 Å². The van der Waals surface area contributed by atoms with Crippen LogP contribution in [0.15, 0.2) is 18.2 Å². The predicted molar refractivity (Wildman–Crippen MR) is 88.5 cm³/mol. The molecule has 1 aliphatic rings. The van der Waals surface area contributed by atoms with Crippen molar-refractivity contribution in [2.45, 2.75) is 25.4 Å². The molecule has 0 spiro atoms. The van der Waals surface area contributed by atoms with E-state index in [2.05, 4.69) is 14.8 Å². The number of nitrogens with zero attached hydrogens (tertiary/aromatic N) is 3. The van der Waals surface area contributed by atoms with Crippen LogP contribution in [-0.4, -0.2) is 47.7 Å². The molecule has 1 saturated heterocycles. The molecule has 2 aromatic rings. The highest BCUT2D eigenvalue weighted by Crippen LogP contribution is 2.31. The van der Waals surface area contributed by atoms with E-state index >= 15 is 0 Å². The van der Waals surface area contributed by atoms with Gasteiger partial charge in [-0.25, -0.2) is 9.78 Å². The third-order valence-electron chi connectivity index (χ3n) is 4.12. The number of ether oxygens (including phenoxy) is 1. The average Bonchev–Trinajstić information content (AvgIpc) is 3.12. The first kappa shape index (κ1) is 15.8. The fourth-order valence-electron chi connectivity index (χ4n) is 3.04. The number of primary amides is 1. The minimum Gasteiger partial charge on any atom is -0.408 e. The molecule has 1 aromatic carbocycles. The lowest BCUT2D eigenvalue weighted by Gasteiger charge is -2.16. The van der Waals surface area contributed by atoms with Crippen molar-refractivity contribution in [3.8, 4) is 5.75 Å². The molecular weight excluding hydrogens is 294 g/mol. The number of carbonyl (C=O) groups excluding carboxylic acids is 1. The second-order valence-corrected chi connectivity index (χ2v) is 6.12. The molecule has 0 aliphatic carbocycles. The van der Waals surface area contributed by atoms with Crippen LogP contribution >= 0.6 is 0 Å². The molecule has 3 rings (SSSR count). The zero-order chi connectivity index (χ0) is 16.4. The Morgan fingerprint density at radius 3 is 3.00 bits per heavy atom. The van der Waals surface area contributed by atoms with Gasteiger partial charge in [0.05, 0.1) is 11.6 Å². The average molecular weight is 317 g/mol. The Labute approximate surface area is 135 Å². The number of benzene rings is 1. The van der Waals surface area contributed by atoms with E-state index in [-0.39, 0.29) is 6.04 Å². The molecule has 7 heteroatoms. The summed E-state index contributed by atoms with van der Waals surface area (Å²) in [5.41, 5.74) is 6.82. The first-order chi connectivity index (χ1) is 11.1. The topological polar surface area (TPSA) is 85.4 Å². The zero-order valence-corrected chi connectivity index (χ0v) is 13.6. The number of hydrogen-bond donors (Lipinski definition) is 2. The Balaban J connectivity index is 2.07. The number of fused-ring (bicyclic) bond motifs is 1. The summed E-state index contributed by atoms with van der Waals surface area (Å²) in [5, 5.41) is 3.49. The van der Waals surface area contributed by atoms with Crippen LogP contribution in [0.2, 0.25) is 0 Å². The number of nitrogens with two attached hydrogens (primary N) is 1. The van der Waals surface area contributed by atoms with Crippen LogP contribution in [0.4, 0.5) is 4.79 Å². The molecule has 0 radical (unpaired) electrons. The Morgan fingerprint density at radius 1 is 1.52 bits per heavy atom. The number of imidazole rings is 1. The quantitative estimate of drug-likeness (QED) is 0.872. The van der Waals surface area contributed by atoms with E-state index in [0.717, 1.165) is 43.8 Å². The molecule has 7 nitrogen and oxygen atoms in total. The Bertz CT molecular complexity index is 704. The van der Waals surface area contributed by atoms with Crippen molar-refractivity contribution >= 4 is 17.1 Å². The first-order valence-electron chi connectivity index (χ1n) is 7.91. The van der Waals surface area contributed by atoms with Gasteiger partial charge in [0.1, 0.15) is 11.3 Å². The van der Waals surface area contributed by atoms with Gasteiger partial charge in [0.25, 0.3) is 0 Å². The van der Waals surface area contributed by atoms with Crippen LogP contribution < -0.4 is 15.8 Å². The van der Waals surface area contributed by atoms with Crippen LogP contribution in [-0.2, 0) is 6.54 Å². The van der Waals surface area contributed by atoms with Crippen molar-refractivity contribution in [2.75, 3.05) is 27.2 Å². The van der Waals surface area contributed by atoms with Crippen molar-refractivity contribution in [1.29, 1.82) is 0 Å². The van der Waals surface area contributed by atoms with Crippen LogP contribution in [0.5, 0.6) is 5.75 Å². The number of nitrogens with one attached hydrogen (secondary N) is 1. The molecule has 1 fully saturated rings. The van der Waals surface area contributed by atoms with E-state index < -0.39 is 6.09 Å². The summed E-state index contributed by atoms with van der Waals surface area (Å²) >= 11 is 0. The van der Waals surface area contributed by atoms with Crippen molar-refractivity contribution < 1.29 is 9.53 Å². The molecule has 3 N–H and O–H groups in total. The lowest BCUT2D eigenvalue weighted by Crippen LogP contribution is -2.23. The predicted octanol–water partition coefficient (Wildman–Crippen LogP) is 1.48. The number of carbonyl (C=O) groups is 1. The molecule has 0 saturated carbocycles. The van der Waals surface area contributed by atoms with Gasteiger partial charge in [0.15, 0.2) is 5.75 Å². The van der Waals surface area contributed by atoms with Crippen molar-refractivity contribution in [3.05, 3.63) is 24.0 Å². The van der Waals surface area contributed by atoms with E-state index in [4.69, 9.17) is 15.5 Å². The molecule has 23 heavy (non-hydrogen) atoms. The molecule has 1 unspecified atom stereocenters. The maximum atomic E-state index is 11.1. The molecule has 0 bridgehead atoms. The highest BCUT2D eigenvalue weighted by Gasteiger charge is 2.24. The molecule has 1 amide bonds. The van der Waals surface area contributed by atoms with E-state index in [0.29, 0.717) is 11.3 Å². The van der Waals surface area contributed by atoms with Crippen molar-refractivity contribution in [3.63, 3.8) is 0 Å². The minimum atomic E-state index is -0.819. The molecular formula is C16H23N5O2. The summed E-state index contributed by atoms with van der Waals surface area (Å²) in [4.78, 5) is 18.0. The van der Waals surface area contributed by atoms with Crippen molar-refractivity contribution in [2.24, 2.45) is 5.73 Å². The van der Waals surface area contributed by atoms with Crippen molar-refractivity contribution in [1.82, 2.24) is 19.8 Å². The molecule has 124 valence electrons. The third-order valence-corrected chi connectivity index (χ3v) is 4.12. The monoisotopic (exact) mass is 317 g/mol. The van der Waals surface area contributed by atoms with Gasteiger partial charge >= 0.3 is 6.09 Å². The minimum absolute atomic E-state index is 0.242. The standard InChI is InChI=1S/C16H23N5O2/c1-20(2)9-10-21-12-6-3-7-13(23-16(17)22)14(12)19-15(21)11-5-4-8-18-11/h3,6-7,11,18H,4-5,8-10H2,1-2H3,(H2,17,22). The van der Waals surface area contributed by atoms with Gasteiger partial charge in [-0.3, -0.25) is 0 Å². The fraction of sp³-hybridized carbons (Fsp3) is 0.500. The van der Waals surface area contributed by atoms with Gasteiger partial charge in [-0.2, -0.15) is 0 Å². The van der Waals surface area contributed by atoms with E-state index in [1.54, 1.807) is 6.07 Å². The number of rotatable bonds is 5. The summed E-state index contributed by atoms with van der Waals surface area (Å²) in [6.45, 7) is 2.75. The molecule has 1 atom stereocenters. The second-order valence-electron chi connectivity index (χ2n) is 6.12. The number of aromatic nitrogens is 2. The maximum absolute atomic E-state index is 11.1. The highest BCUT2D eigenvalue weighted by atomic mass is 16.5. The molecule has 2 heterocycles. The summed E-state index contributed by atoms with van der Waals surface area (Å²) in [7, 11) is 4.10. The lowest BCUT2D eigenvalue weighted by molar-refractivity contribution is 0.211. The van der Waals surface area contributed by atoms with E-state index in [9.17, 15) is 4.79 Å². The normalized spacial score (nSPS) is 18.0. The first-order valence-corrected chi connectivity index (χ1v) is 7.91. The zero-order valence-electron chi connectivity index (χ0n) is 13.6. The highest BCUT2D eigenvalue weighted by molar-refractivity contribution is 5.85. The van der Waals surface area contributed by atoms with Gasteiger partial charge in [-0.15, -0.1) is 0 Å².